The molecule has 1 aliphatic heterocycles. The first-order valence-corrected chi connectivity index (χ1v) is 7.93. The van der Waals surface area contributed by atoms with Crippen molar-refractivity contribution < 1.29 is 14.6 Å². The van der Waals surface area contributed by atoms with Crippen LogP contribution in [0.25, 0.3) is 0 Å². The van der Waals surface area contributed by atoms with Gasteiger partial charge in [-0.1, -0.05) is 41.9 Å². The molecule has 23 heavy (non-hydrogen) atoms. The molecule has 0 aromatic heterocycles. The molecule has 2 N–H and O–H groups in total. The first-order chi connectivity index (χ1) is 11.1. The first-order valence-electron chi connectivity index (χ1n) is 7.55. The normalized spacial score (nSPS) is 17.7. The van der Waals surface area contributed by atoms with E-state index in [-0.39, 0.29) is 18.4 Å². The van der Waals surface area contributed by atoms with Crippen molar-refractivity contribution in [2.45, 2.75) is 12.5 Å². The maximum Gasteiger partial charge on any atom is 0.226 e. The molecular weight excluding hydrogens is 314 g/mol. The Bertz CT molecular complexity index is 704. The monoisotopic (exact) mass is 331 g/mol. The van der Waals surface area contributed by atoms with Crippen LogP contribution in [0.5, 0.6) is 5.75 Å². The van der Waals surface area contributed by atoms with Crippen LogP contribution in [0.1, 0.15) is 17.2 Å². The van der Waals surface area contributed by atoms with E-state index in [1.807, 2.05) is 24.3 Å². The summed E-state index contributed by atoms with van der Waals surface area (Å²) >= 11 is 5.91. The van der Waals surface area contributed by atoms with Crippen molar-refractivity contribution in [1.82, 2.24) is 5.32 Å². The van der Waals surface area contributed by atoms with E-state index in [2.05, 4.69) is 5.32 Å². The van der Waals surface area contributed by atoms with Crippen LogP contribution < -0.4 is 10.1 Å². The number of benzene rings is 2. The second kappa shape index (κ2) is 7.02. The molecule has 0 fully saturated rings. The van der Waals surface area contributed by atoms with Gasteiger partial charge in [-0.05, 0) is 35.7 Å². The SMILES string of the molecule is O=C(NC[C@H](O)c1cccc(Cl)c1)[C@H]1COc2ccccc2C1. The van der Waals surface area contributed by atoms with Gasteiger partial charge in [0.25, 0.3) is 0 Å². The molecule has 0 saturated heterocycles. The van der Waals surface area contributed by atoms with Crippen molar-refractivity contribution in [3.8, 4) is 5.75 Å². The molecule has 3 rings (SSSR count). The van der Waals surface area contributed by atoms with Gasteiger partial charge in [-0.2, -0.15) is 0 Å². The minimum Gasteiger partial charge on any atom is -0.492 e. The first kappa shape index (κ1) is 15.8. The number of ether oxygens (including phenoxy) is 1. The summed E-state index contributed by atoms with van der Waals surface area (Å²) in [6.45, 7) is 0.507. The highest BCUT2D eigenvalue weighted by molar-refractivity contribution is 6.30. The van der Waals surface area contributed by atoms with E-state index in [4.69, 9.17) is 16.3 Å². The summed E-state index contributed by atoms with van der Waals surface area (Å²) in [6, 6.07) is 14.7. The van der Waals surface area contributed by atoms with E-state index < -0.39 is 6.10 Å². The molecule has 0 saturated carbocycles. The summed E-state index contributed by atoms with van der Waals surface area (Å²) < 4.78 is 5.62. The molecule has 0 radical (unpaired) electrons. The van der Waals surface area contributed by atoms with Crippen LogP contribution in [0.2, 0.25) is 5.02 Å². The third-order valence-corrected chi connectivity index (χ3v) is 4.19. The minimum atomic E-state index is -0.783. The predicted octanol–water partition coefficient (Wildman–Crippen LogP) is 2.74. The van der Waals surface area contributed by atoms with Gasteiger partial charge < -0.3 is 15.2 Å². The van der Waals surface area contributed by atoms with Gasteiger partial charge in [0.05, 0.1) is 12.0 Å². The maximum atomic E-state index is 12.3. The van der Waals surface area contributed by atoms with Gasteiger partial charge in [-0.3, -0.25) is 4.79 Å². The van der Waals surface area contributed by atoms with Gasteiger partial charge in [0.2, 0.25) is 5.91 Å². The van der Waals surface area contributed by atoms with Gasteiger partial charge in [0.1, 0.15) is 12.4 Å². The summed E-state index contributed by atoms with van der Waals surface area (Å²) in [5.41, 5.74) is 1.72. The number of hydrogen-bond acceptors (Lipinski definition) is 3. The molecule has 2 aromatic carbocycles. The summed E-state index contributed by atoms with van der Waals surface area (Å²) in [5, 5.41) is 13.5. The topological polar surface area (TPSA) is 58.6 Å². The Labute approximate surface area is 140 Å². The van der Waals surface area contributed by atoms with Crippen molar-refractivity contribution in [3.63, 3.8) is 0 Å². The van der Waals surface area contributed by atoms with E-state index in [9.17, 15) is 9.90 Å². The zero-order valence-corrected chi connectivity index (χ0v) is 13.3. The van der Waals surface area contributed by atoms with Crippen LogP contribution in [0.4, 0.5) is 0 Å². The van der Waals surface area contributed by atoms with E-state index in [1.165, 1.54) is 0 Å². The fourth-order valence-corrected chi connectivity index (χ4v) is 2.87. The number of aliphatic hydroxyl groups excluding tert-OH is 1. The van der Waals surface area contributed by atoms with Crippen LogP contribution in [-0.2, 0) is 11.2 Å². The predicted molar refractivity (Wildman–Crippen MR) is 88.6 cm³/mol. The van der Waals surface area contributed by atoms with Gasteiger partial charge in [-0.15, -0.1) is 0 Å². The molecule has 0 aliphatic carbocycles. The zero-order valence-electron chi connectivity index (χ0n) is 12.5. The van der Waals surface area contributed by atoms with E-state index in [0.717, 1.165) is 11.3 Å². The summed E-state index contributed by atoms with van der Waals surface area (Å²) in [6.07, 6.45) is -0.135. The molecule has 0 bridgehead atoms. The largest absolute Gasteiger partial charge is 0.492 e. The Morgan fingerprint density at radius 2 is 2.13 bits per heavy atom. The molecule has 5 heteroatoms. The summed E-state index contributed by atoms with van der Waals surface area (Å²) in [4.78, 5) is 12.3. The number of rotatable bonds is 4. The lowest BCUT2D eigenvalue weighted by Gasteiger charge is -2.25. The smallest absolute Gasteiger partial charge is 0.226 e. The Kier molecular flexibility index (Phi) is 4.84. The number of carbonyl (C=O) groups is 1. The highest BCUT2D eigenvalue weighted by Crippen LogP contribution is 2.27. The highest BCUT2D eigenvalue weighted by Gasteiger charge is 2.26. The van der Waals surface area contributed by atoms with Crippen LogP contribution in [0.3, 0.4) is 0 Å². The number of nitrogens with one attached hydrogen (secondary N) is 1. The number of fused-ring (bicyclic) bond motifs is 1. The Balaban J connectivity index is 1.56. The van der Waals surface area contributed by atoms with Crippen molar-refractivity contribution in [1.29, 1.82) is 0 Å². The molecular formula is C18H18ClNO3. The fourth-order valence-electron chi connectivity index (χ4n) is 2.67. The lowest BCUT2D eigenvalue weighted by Crippen LogP contribution is -2.39. The standard InChI is InChI=1S/C18H18ClNO3/c19-15-6-3-5-12(9-15)16(21)10-20-18(22)14-8-13-4-1-2-7-17(13)23-11-14/h1-7,9,14,16,21H,8,10-11H2,(H,20,22)/t14-,16+/m1/s1. The Morgan fingerprint density at radius 3 is 2.96 bits per heavy atom. The summed E-state index contributed by atoms with van der Waals surface area (Å²) in [7, 11) is 0. The van der Waals surface area contributed by atoms with Crippen molar-refractivity contribution >= 4 is 17.5 Å². The van der Waals surface area contributed by atoms with Crippen molar-refractivity contribution in [2.75, 3.05) is 13.2 Å². The minimum absolute atomic E-state index is 0.111. The maximum absolute atomic E-state index is 12.3. The molecule has 4 nitrogen and oxygen atoms in total. The van der Waals surface area contributed by atoms with E-state index in [0.29, 0.717) is 23.6 Å². The van der Waals surface area contributed by atoms with E-state index in [1.54, 1.807) is 24.3 Å². The molecule has 1 aliphatic rings. The highest BCUT2D eigenvalue weighted by atomic mass is 35.5. The second-order valence-electron chi connectivity index (χ2n) is 5.64. The number of aliphatic hydroxyl groups is 1. The lowest BCUT2D eigenvalue weighted by atomic mass is 9.96. The number of amides is 1. The molecule has 2 aromatic rings. The van der Waals surface area contributed by atoms with E-state index >= 15 is 0 Å². The quantitative estimate of drug-likeness (QED) is 0.905. The van der Waals surface area contributed by atoms with Crippen molar-refractivity contribution in [2.24, 2.45) is 5.92 Å². The Hall–Kier alpha value is -2.04. The third kappa shape index (κ3) is 3.84. The zero-order chi connectivity index (χ0) is 16.2. The van der Waals surface area contributed by atoms with Crippen LogP contribution in [0.15, 0.2) is 48.5 Å². The van der Waals surface area contributed by atoms with Crippen LogP contribution in [-0.4, -0.2) is 24.2 Å². The van der Waals surface area contributed by atoms with Crippen LogP contribution in [0, 0.1) is 5.92 Å². The molecule has 0 unspecified atom stereocenters. The fraction of sp³-hybridized carbons (Fsp3) is 0.278. The van der Waals surface area contributed by atoms with Gasteiger partial charge in [0.15, 0.2) is 0 Å². The number of halogens is 1. The van der Waals surface area contributed by atoms with Gasteiger partial charge in [0, 0.05) is 11.6 Å². The molecule has 2 atom stereocenters. The van der Waals surface area contributed by atoms with Crippen molar-refractivity contribution in [3.05, 3.63) is 64.7 Å². The molecule has 1 amide bonds. The lowest BCUT2D eigenvalue weighted by molar-refractivity contribution is -0.126. The van der Waals surface area contributed by atoms with Gasteiger partial charge in [-0.25, -0.2) is 0 Å². The summed E-state index contributed by atoms with van der Waals surface area (Å²) in [5.74, 6) is 0.493. The molecule has 120 valence electrons. The second-order valence-corrected chi connectivity index (χ2v) is 6.07. The van der Waals surface area contributed by atoms with Gasteiger partial charge >= 0.3 is 0 Å². The Morgan fingerprint density at radius 1 is 1.30 bits per heavy atom. The number of hydrogen-bond donors (Lipinski definition) is 2. The molecule has 1 heterocycles. The number of carbonyl (C=O) groups excluding carboxylic acids is 1. The third-order valence-electron chi connectivity index (χ3n) is 3.95. The molecule has 0 spiro atoms. The van der Waals surface area contributed by atoms with Crippen LogP contribution >= 0.6 is 11.6 Å². The number of para-hydroxylation sites is 1. The average molecular weight is 332 g/mol. The average Bonchev–Trinajstić information content (AvgIpc) is 2.59.